The van der Waals surface area contributed by atoms with Crippen LogP contribution >= 0.6 is 0 Å². The summed E-state index contributed by atoms with van der Waals surface area (Å²) in [4.78, 5) is 12.2. The molecule has 0 saturated heterocycles. The molecule has 192 valence electrons. The molecular weight excluding hydrogens is 448 g/mol. The summed E-state index contributed by atoms with van der Waals surface area (Å²) in [6, 6.07) is 4.18. The Morgan fingerprint density at radius 3 is 1.82 bits per heavy atom. The topological polar surface area (TPSA) is 87.0 Å². The number of carbonyl (C=O) groups excluding carboxylic acids is 1. The van der Waals surface area contributed by atoms with Crippen LogP contribution in [-0.4, -0.2) is 24.6 Å². The number of nitrogens with zero attached hydrogens (tertiary/aromatic N) is 2. The largest absolute Gasteiger partial charge is 0.294 e. The molecule has 0 aromatic heterocycles. The average molecular weight is 493 g/mol. The summed E-state index contributed by atoms with van der Waals surface area (Å²) in [5.74, 6) is -0.0985. The summed E-state index contributed by atoms with van der Waals surface area (Å²) < 4.78 is 31.8. The van der Waals surface area contributed by atoms with Gasteiger partial charge in [0.05, 0.1) is 17.0 Å². The molecule has 0 atom stereocenters. The zero-order valence-electron chi connectivity index (χ0n) is 21.2. The van der Waals surface area contributed by atoms with Crippen molar-refractivity contribution in [2.24, 2.45) is 5.10 Å². The van der Waals surface area contributed by atoms with Gasteiger partial charge in [0.15, 0.2) is 0 Å². The predicted molar refractivity (Wildman–Crippen MR) is 140 cm³/mol. The third-order valence-corrected chi connectivity index (χ3v) is 7.45. The van der Waals surface area contributed by atoms with Crippen LogP contribution in [0.1, 0.15) is 122 Å². The molecule has 1 amide bonds. The SMILES string of the molecule is CCCCCCCCCCCCCCCCCC1=NN(c2ccc(S(=O)(=O)O)cc2C)C(=O)C1. The molecule has 1 aromatic rings. The highest BCUT2D eigenvalue weighted by Crippen LogP contribution is 2.28. The van der Waals surface area contributed by atoms with Crippen LogP contribution in [0.3, 0.4) is 0 Å². The fraction of sp³-hybridized carbons (Fsp3) is 0.704. The van der Waals surface area contributed by atoms with Crippen LogP contribution in [0, 0.1) is 6.92 Å². The number of rotatable bonds is 18. The number of benzene rings is 1. The smallest absolute Gasteiger partial charge is 0.282 e. The average Bonchev–Trinajstić information content (AvgIpc) is 3.15. The Labute approximate surface area is 207 Å². The molecule has 1 aromatic carbocycles. The minimum absolute atomic E-state index is 0.0985. The Morgan fingerprint density at radius 1 is 0.853 bits per heavy atom. The van der Waals surface area contributed by atoms with Crippen molar-refractivity contribution in [3.63, 3.8) is 0 Å². The Hall–Kier alpha value is -1.73. The van der Waals surface area contributed by atoms with Crippen molar-refractivity contribution in [3.8, 4) is 0 Å². The van der Waals surface area contributed by atoms with Crippen molar-refractivity contribution in [3.05, 3.63) is 23.8 Å². The Kier molecular flexibility index (Phi) is 12.8. The van der Waals surface area contributed by atoms with Gasteiger partial charge in [-0.05, 0) is 43.5 Å². The van der Waals surface area contributed by atoms with Gasteiger partial charge in [0, 0.05) is 5.71 Å². The van der Waals surface area contributed by atoms with Crippen LogP contribution in [0.15, 0.2) is 28.2 Å². The normalized spacial score (nSPS) is 14.1. The maximum Gasteiger partial charge on any atom is 0.294 e. The molecule has 2 rings (SSSR count). The first-order valence-corrected chi connectivity index (χ1v) is 14.7. The molecule has 0 aliphatic carbocycles. The second kappa shape index (κ2) is 15.3. The summed E-state index contributed by atoms with van der Waals surface area (Å²) >= 11 is 0. The lowest BCUT2D eigenvalue weighted by molar-refractivity contribution is -0.116. The molecule has 0 radical (unpaired) electrons. The first kappa shape index (κ1) is 28.5. The minimum Gasteiger partial charge on any atom is -0.282 e. The van der Waals surface area contributed by atoms with Gasteiger partial charge in [0.1, 0.15) is 0 Å². The Morgan fingerprint density at radius 2 is 1.35 bits per heavy atom. The Bertz CT molecular complexity index is 896. The third kappa shape index (κ3) is 10.3. The van der Waals surface area contributed by atoms with Gasteiger partial charge < -0.3 is 0 Å². The van der Waals surface area contributed by atoms with Gasteiger partial charge in [-0.2, -0.15) is 13.5 Å². The molecule has 6 nitrogen and oxygen atoms in total. The van der Waals surface area contributed by atoms with Crippen LogP contribution in [0.5, 0.6) is 0 Å². The number of aryl methyl sites for hydroxylation is 1. The van der Waals surface area contributed by atoms with Crippen LogP contribution in [0.4, 0.5) is 5.69 Å². The fourth-order valence-electron chi connectivity index (χ4n) is 4.54. The van der Waals surface area contributed by atoms with E-state index in [0.29, 0.717) is 17.7 Å². The maximum absolute atomic E-state index is 12.4. The van der Waals surface area contributed by atoms with E-state index in [9.17, 15) is 17.8 Å². The summed E-state index contributed by atoms with van der Waals surface area (Å²) in [6.07, 6.45) is 21.0. The van der Waals surface area contributed by atoms with E-state index < -0.39 is 10.1 Å². The van der Waals surface area contributed by atoms with Crippen LogP contribution in [-0.2, 0) is 14.9 Å². The van der Waals surface area contributed by atoms with Crippen molar-refractivity contribution in [1.29, 1.82) is 0 Å². The molecule has 0 spiro atoms. The predicted octanol–water partition coefficient (Wildman–Crippen LogP) is 7.60. The minimum atomic E-state index is -4.26. The molecule has 1 aliphatic heterocycles. The molecule has 7 heteroatoms. The van der Waals surface area contributed by atoms with Crippen molar-refractivity contribution in [2.75, 3.05) is 5.01 Å². The molecule has 0 saturated carbocycles. The van der Waals surface area contributed by atoms with Crippen molar-refractivity contribution in [1.82, 2.24) is 0 Å². The molecular formula is C27H44N2O4S. The summed E-state index contributed by atoms with van der Waals surface area (Å²) in [7, 11) is -4.26. The monoisotopic (exact) mass is 492 g/mol. The molecule has 1 aliphatic rings. The van der Waals surface area contributed by atoms with Gasteiger partial charge in [-0.25, -0.2) is 5.01 Å². The van der Waals surface area contributed by atoms with E-state index in [4.69, 9.17) is 0 Å². The van der Waals surface area contributed by atoms with Gasteiger partial charge in [-0.3, -0.25) is 9.35 Å². The summed E-state index contributed by atoms with van der Waals surface area (Å²) in [5.41, 5.74) is 2.03. The molecule has 1 heterocycles. The van der Waals surface area contributed by atoms with E-state index in [1.54, 1.807) is 6.92 Å². The standard InChI is InChI=1S/C27H44N2O4S/c1-3-4-5-6-7-8-9-10-11-12-13-14-15-16-17-18-24-22-27(30)29(28-24)26-20-19-25(21-23(26)2)34(31,32)33/h19-21H,3-18,22H2,1-2H3,(H,31,32,33). The van der Waals surface area contributed by atoms with Gasteiger partial charge in [0.25, 0.3) is 16.0 Å². The van der Waals surface area contributed by atoms with Crippen LogP contribution in [0.25, 0.3) is 0 Å². The molecule has 0 bridgehead atoms. The van der Waals surface area contributed by atoms with Crippen molar-refractivity contribution in [2.45, 2.75) is 128 Å². The molecule has 0 unspecified atom stereocenters. The first-order valence-electron chi connectivity index (χ1n) is 13.3. The lowest BCUT2D eigenvalue weighted by atomic mass is 10.0. The Balaban J connectivity index is 1.56. The highest BCUT2D eigenvalue weighted by molar-refractivity contribution is 7.85. The van der Waals surface area contributed by atoms with Crippen molar-refractivity contribution >= 4 is 27.4 Å². The number of carbonyl (C=O) groups is 1. The number of anilines is 1. The fourth-order valence-corrected chi connectivity index (χ4v) is 5.10. The highest BCUT2D eigenvalue weighted by Gasteiger charge is 2.26. The lowest BCUT2D eigenvalue weighted by Crippen LogP contribution is -2.20. The second-order valence-electron chi connectivity index (χ2n) is 9.67. The molecule has 1 N–H and O–H groups in total. The van der Waals surface area contributed by atoms with Gasteiger partial charge in [-0.15, -0.1) is 0 Å². The summed E-state index contributed by atoms with van der Waals surface area (Å²) in [6.45, 7) is 3.97. The summed E-state index contributed by atoms with van der Waals surface area (Å²) in [5, 5.41) is 5.85. The quantitative estimate of drug-likeness (QED) is 0.169. The number of hydrazone groups is 1. The van der Waals surface area contributed by atoms with E-state index >= 15 is 0 Å². The van der Waals surface area contributed by atoms with E-state index in [1.165, 1.54) is 107 Å². The van der Waals surface area contributed by atoms with Crippen LogP contribution < -0.4 is 5.01 Å². The maximum atomic E-state index is 12.4. The van der Waals surface area contributed by atoms with Gasteiger partial charge in [0.2, 0.25) is 0 Å². The third-order valence-electron chi connectivity index (χ3n) is 6.60. The lowest BCUT2D eigenvalue weighted by Gasteiger charge is -2.15. The van der Waals surface area contributed by atoms with E-state index in [-0.39, 0.29) is 10.8 Å². The van der Waals surface area contributed by atoms with Crippen molar-refractivity contribution < 1.29 is 17.8 Å². The van der Waals surface area contributed by atoms with Gasteiger partial charge >= 0.3 is 0 Å². The number of amides is 1. The van der Waals surface area contributed by atoms with E-state index in [0.717, 1.165) is 25.0 Å². The second-order valence-corrected chi connectivity index (χ2v) is 11.1. The van der Waals surface area contributed by atoms with Crippen LogP contribution in [0.2, 0.25) is 0 Å². The molecule has 34 heavy (non-hydrogen) atoms. The first-order chi connectivity index (χ1) is 16.3. The van der Waals surface area contributed by atoms with E-state index in [1.807, 2.05) is 0 Å². The zero-order chi connectivity index (χ0) is 24.8. The zero-order valence-corrected chi connectivity index (χ0v) is 22.0. The number of hydrogen-bond donors (Lipinski definition) is 1. The van der Waals surface area contributed by atoms with Gasteiger partial charge in [-0.1, -0.05) is 96.8 Å². The molecule has 0 fully saturated rings. The highest BCUT2D eigenvalue weighted by atomic mass is 32.2. The number of hydrogen-bond acceptors (Lipinski definition) is 4. The van der Waals surface area contributed by atoms with E-state index in [2.05, 4.69) is 12.0 Å². The number of unbranched alkanes of at least 4 members (excludes halogenated alkanes) is 14.